The predicted molar refractivity (Wildman–Crippen MR) is 98.5 cm³/mol. The van der Waals surface area contributed by atoms with Crippen molar-refractivity contribution in [3.63, 3.8) is 0 Å². The normalized spacial score (nSPS) is 17.3. The molecule has 26 heavy (non-hydrogen) atoms. The van der Waals surface area contributed by atoms with Gasteiger partial charge in [-0.1, -0.05) is 54.6 Å². The lowest BCUT2D eigenvalue weighted by Crippen LogP contribution is -2.53. The van der Waals surface area contributed by atoms with E-state index in [0.717, 1.165) is 12.1 Å². The topological polar surface area (TPSA) is 49.8 Å². The van der Waals surface area contributed by atoms with Crippen LogP contribution in [0.3, 0.4) is 0 Å². The number of ether oxygens (including phenoxy) is 1. The minimum Gasteiger partial charge on any atom is -0.478 e. The summed E-state index contributed by atoms with van der Waals surface area (Å²) in [5.41, 5.74) is -0.241. The number of likely N-dealkylation sites (tertiary alicyclic amines) is 1. The highest BCUT2D eigenvalue weighted by molar-refractivity contribution is 5.78. The van der Waals surface area contributed by atoms with Gasteiger partial charge in [0.15, 0.2) is 11.6 Å². The maximum absolute atomic E-state index is 13.8. The molecule has 1 fully saturated rings. The summed E-state index contributed by atoms with van der Waals surface area (Å²) in [6, 6.07) is 15.9. The first-order valence-electron chi connectivity index (χ1n) is 8.70. The second-order valence-corrected chi connectivity index (χ2v) is 6.45. The molecule has 5 heteroatoms. The Morgan fingerprint density at radius 3 is 2.42 bits per heavy atom. The van der Waals surface area contributed by atoms with Gasteiger partial charge in [0.1, 0.15) is 0 Å². The summed E-state index contributed by atoms with van der Waals surface area (Å²) < 4.78 is 19.5. The van der Waals surface area contributed by atoms with Gasteiger partial charge in [-0.2, -0.15) is 0 Å². The minimum atomic E-state index is -1.37. The molecule has 0 bridgehead atoms. The summed E-state index contributed by atoms with van der Waals surface area (Å²) in [7, 11) is 0. The number of aliphatic carboxylic acids is 1. The molecule has 0 saturated carbocycles. The predicted octanol–water partition coefficient (Wildman–Crippen LogP) is 3.84. The summed E-state index contributed by atoms with van der Waals surface area (Å²) >= 11 is 0. The summed E-state index contributed by atoms with van der Waals surface area (Å²) in [6.07, 6.45) is 4.75. The van der Waals surface area contributed by atoms with Crippen LogP contribution in [0.1, 0.15) is 18.4 Å². The van der Waals surface area contributed by atoms with Gasteiger partial charge in [0.25, 0.3) is 0 Å². The minimum absolute atomic E-state index is 0.00711. The molecule has 136 valence electrons. The van der Waals surface area contributed by atoms with Gasteiger partial charge < -0.3 is 9.84 Å². The Morgan fingerprint density at radius 1 is 1.12 bits per heavy atom. The molecule has 0 unspecified atom stereocenters. The molecule has 0 aromatic heterocycles. The number of carbonyl (C=O) groups is 1. The second-order valence-electron chi connectivity index (χ2n) is 6.45. The molecule has 0 atom stereocenters. The first kappa shape index (κ1) is 18.1. The molecular weight excluding hydrogens is 333 g/mol. The lowest BCUT2D eigenvalue weighted by molar-refractivity contribution is -0.159. The quantitative estimate of drug-likeness (QED) is 0.855. The zero-order valence-corrected chi connectivity index (χ0v) is 14.5. The molecule has 1 saturated heterocycles. The smallest absolute Gasteiger partial charge is 0.348 e. The van der Waals surface area contributed by atoms with Crippen molar-refractivity contribution in [2.75, 3.05) is 19.6 Å². The Hall–Kier alpha value is -2.66. The SMILES string of the molecule is O=C(O)C1(Oc2ccccc2F)CCN(C/C=C/c2ccccc2)CC1. The van der Waals surface area contributed by atoms with E-state index in [2.05, 4.69) is 17.1 Å². The lowest BCUT2D eigenvalue weighted by atomic mass is 9.91. The molecule has 0 spiro atoms. The highest BCUT2D eigenvalue weighted by Gasteiger charge is 2.44. The van der Waals surface area contributed by atoms with Gasteiger partial charge in [-0.25, -0.2) is 9.18 Å². The molecule has 1 aliphatic rings. The Balaban J connectivity index is 1.60. The van der Waals surface area contributed by atoms with Crippen molar-refractivity contribution in [3.05, 3.63) is 72.1 Å². The molecule has 0 aliphatic carbocycles. The average molecular weight is 355 g/mol. The van der Waals surface area contributed by atoms with Crippen LogP contribution >= 0.6 is 0 Å². The van der Waals surface area contributed by atoms with Crippen LogP contribution in [0.5, 0.6) is 5.75 Å². The summed E-state index contributed by atoms with van der Waals surface area (Å²) in [6.45, 7) is 1.91. The van der Waals surface area contributed by atoms with E-state index in [1.165, 1.54) is 12.1 Å². The van der Waals surface area contributed by atoms with Crippen molar-refractivity contribution in [1.82, 2.24) is 4.90 Å². The molecule has 1 heterocycles. The molecule has 2 aromatic rings. The third-order valence-corrected chi connectivity index (χ3v) is 4.67. The van der Waals surface area contributed by atoms with E-state index < -0.39 is 17.4 Å². The van der Waals surface area contributed by atoms with E-state index >= 15 is 0 Å². The Kier molecular flexibility index (Phi) is 5.68. The fourth-order valence-electron chi connectivity index (χ4n) is 3.10. The summed E-state index contributed by atoms with van der Waals surface area (Å²) in [5, 5.41) is 9.67. The maximum Gasteiger partial charge on any atom is 0.348 e. The monoisotopic (exact) mass is 355 g/mol. The van der Waals surface area contributed by atoms with Gasteiger partial charge >= 0.3 is 5.97 Å². The van der Waals surface area contributed by atoms with Crippen molar-refractivity contribution >= 4 is 12.0 Å². The van der Waals surface area contributed by atoms with Crippen LogP contribution in [0.25, 0.3) is 6.08 Å². The van der Waals surface area contributed by atoms with Gasteiger partial charge in [0.2, 0.25) is 5.60 Å². The largest absolute Gasteiger partial charge is 0.478 e. The third kappa shape index (κ3) is 4.29. The van der Waals surface area contributed by atoms with Crippen LogP contribution in [-0.4, -0.2) is 41.2 Å². The first-order chi connectivity index (χ1) is 12.6. The van der Waals surface area contributed by atoms with Gasteiger partial charge in [0, 0.05) is 32.5 Å². The zero-order valence-electron chi connectivity index (χ0n) is 14.5. The van der Waals surface area contributed by atoms with E-state index in [-0.39, 0.29) is 5.75 Å². The second kappa shape index (κ2) is 8.15. The van der Waals surface area contributed by atoms with Crippen molar-refractivity contribution < 1.29 is 19.0 Å². The number of hydrogen-bond acceptors (Lipinski definition) is 3. The molecule has 3 rings (SSSR count). The number of hydrogen-bond donors (Lipinski definition) is 1. The van der Waals surface area contributed by atoms with Crippen molar-refractivity contribution in [2.24, 2.45) is 0 Å². The summed E-state index contributed by atoms with van der Waals surface area (Å²) in [4.78, 5) is 14.0. The molecule has 4 nitrogen and oxygen atoms in total. The van der Waals surface area contributed by atoms with E-state index in [1.807, 2.05) is 30.3 Å². The average Bonchev–Trinajstić information content (AvgIpc) is 2.66. The Bertz CT molecular complexity index is 768. The van der Waals surface area contributed by atoms with E-state index in [1.54, 1.807) is 12.1 Å². The van der Waals surface area contributed by atoms with Gasteiger partial charge in [-0.05, 0) is 17.7 Å². The van der Waals surface area contributed by atoms with Crippen LogP contribution in [-0.2, 0) is 4.79 Å². The molecule has 0 radical (unpaired) electrons. The van der Waals surface area contributed by atoms with E-state index in [4.69, 9.17) is 4.74 Å². The molecule has 0 amide bonds. The Morgan fingerprint density at radius 2 is 1.77 bits per heavy atom. The molecular formula is C21H22FNO3. The highest BCUT2D eigenvalue weighted by Crippen LogP contribution is 2.30. The lowest BCUT2D eigenvalue weighted by Gasteiger charge is -2.38. The van der Waals surface area contributed by atoms with Crippen molar-refractivity contribution in [3.8, 4) is 5.75 Å². The number of carboxylic acids is 1. The van der Waals surface area contributed by atoms with Gasteiger partial charge in [0.05, 0.1) is 0 Å². The van der Waals surface area contributed by atoms with Crippen LogP contribution in [0.15, 0.2) is 60.7 Å². The van der Waals surface area contributed by atoms with Crippen molar-refractivity contribution in [2.45, 2.75) is 18.4 Å². The number of carboxylic acid groups (broad SMARTS) is 1. The summed E-state index contributed by atoms with van der Waals surface area (Å²) in [5.74, 6) is -1.59. The number of rotatable bonds is 6. The van der Waals surface area contributed by atoms with E-state index in [0.29, 0.717) is 25.9 Å². The zero-order chi connectivity index (χ0) is 18.4. The first-order valence-corrected chi connectivity index (χ1v) is 8.70. The molecule has 1 N–H and O–H groups in total. The molecule has 2 aromatic carbocycles. The molecule has 1 aliphatic heterocycles. The fraction of sp³-hybridized carbons (Fsp3) is 0.286. The number of para-hydroxylation sites is 1. The number of piperidine rings is 1. The van der Waals surface area contributed by atoms with Crippen LogP contribution in [0.4, 0.5) is 4.39 Å². The number of halogens is 1. The van der Waals surface area contributed by atoms with Crippen molar-refractivity contribution in [1.29, 1.82) is 0 Å². The van der Waals surface area contributed by atoms with Gasteiger partial charge in [-0.3, -0.25) is 4.90 Å². The standard InChI is InChI=1S/C21H22FNO3/c22-18-10-4-5-11-19(18)26-21(20(24)25)12-15-23(16-13-21)14-6-9-17-7-2-1-3-8-17/h1-11H,12-16H2,(H,24,25)/b9-6+. The van der Waals surface area contributed by atoms with Gasteiger partial charge in [-0.15, -0.1) is 0 Å². The fourth-order valence-corrected chi connectivity index (χ4v) is 3.10. The number of benzene rings is 2. The van der Waals surface area contributed by atoms with E-state index in [9.17, 15) is 14.3 Å². The van der Waals surface area contributed by atoms with Crippen LogP contribution in [0.2, 0.25) is 0 Å². The third-order valence-electron chi connectivity index (χ3n) is 4.67. The van der Waals surface area contributed by atoms with Crippen LogP contribution < -0.4 is 4.74 Å². The maximum atomic E-state index is 13.8. The number of nitrogens with zero attached hydrogens (tertiary/aromatic N) is 1. The Labute approximate surface area is 152 Å². The van der Waals surface area contributed by atoms with Crippen LogP contribution in [0, 0.1) is 5.82 Å². The highest BCUT2D eigenvalue weighted by atomic mass is 19.1.